The molecule has 4 aromatic rings. The summed E-state index contributed by atoms with van der Waals surface area (Å²) in [6.45, 7) is 3.30. The second kappa shape index (κ2) is 10.2. The van der Waals surface area contributed by atoms with Crippen molar-refractivity contribution < 1.29 is 23.4 Å². The van der Waals surface area contributed by atoms with Gasteiger partial charge < -0.3 is 23.5 Å². The maximum Gasteiger partial charge on any atom is 0.338 e. The Morgan fingerprint density at radius 1 is 1.03 bits per heavy atom. The molecule has 184 valence electrons. The van der Waals surface area contributed by atoms with E-state index in [4.69, 9.17) is 18.6 Å². The molecule has 0 N–H and O–H groups in total. The molecule has 0 saturated carbocycles. The molecule has 5 rings (SSSR count). The summed E-state index contributed by atoms with van der Waals surface area (Å²) in [6, 6.07) is 20.2. The van der Waals surface area contributed by atoms with Gasteiger partial charge in [-0.2, -0.15) is 0 Å². The molecule has 0 amide bonds. The number of methoxy groups -OCH3 is 1. The predicted molar refractivity (Wildman–Crippen MR) is 138 cm³/mol. The van der Waals surface area contributed by atoms with Gasteiger partial charge in [0.2, 0.25) is 0 Å². The molecule has 2 heterocycles. The van der Waals surface area contributed by atoms with E-state index >= 15 is 0 Å². The van der Waals surface area contributed by atoms with Gasteiger partial charge in [0.25, 0.3) is 0 Å². The van der Waals surface area contributed by atoms with Crippen molar-refractivity contribution in [3.63, 3.8) is 0 Å². The topological polar surface area (TPSA) is 78.2 Å². The van der Waals surface area contributed by atoms with Crippen LogP contribution in [0, 0.1) is 0 Å². The number of ether oxygens (including phenoxy) is 3. The van der Waals surface area contributed by atoms with Crippen LogP contribution >= 0.6 is 0 Å². The number of esters is 1. The summed E-state index contributed by atoms with van der Waals surface area (Å²) in [7, 11) is 1.62. The highest BCUT2D eigenvalue weighted by molar-refractivity contribution is 5.96. The number of carbonyl (C=O) groups is 1. The first kappa shape index (κ1) is 23.5. The molecule has 1 aliphatic rings. The summed E-state index contributed by atoms with van der Waals surface area (Å²) in [5, 5.41) is 0.828. The first-order chi connectivity index (χ1) is 17.6. The number of carbonyl (C=O) groups excluding carboxylic acids is 1. The number of hydrogen-bond donors (Lipinski definition) is 0. The van der Waals surface area contributed by atoms with Gasteiger partial charge in [-0.25, -0.2) is 9.59 Å². The molecule has 0 unspecified atom stereocenters. The maximum absolute atomic E-state index is 12.5. The van der Waals surface area contributed by atoms with Gasteiger partial charge in [-0.1, -0.05) is 25.5 Å². The molecule has 1 aromatic heterocycles. The zero-order valence-corrected chi connectivity index (χ0v) is 20.3. The van der Waals surface area contributed by atoms with E-state index in [9.17, 15) is 9.59 Å². The molecule has 36 heavy (non-hydrogen) atoms. The van der Waals surface area contributed by atoms with Crippen molar-refractivity contribution >= 4 is 22.6 Å². The molecule has 3 aromatic carbocycles. The van der Waals surface area contributed by atoms with E-state index in [1.807, 2.05) is 53.4 Å². The molecule has 0 atom stereocenters. The summed E-state index contributed by atoms with van der Waals surface area (Å²) in [4.78, 5) is 26.8. The number of unbranched alkanes of at least 4 members (excludes halogenated alkanes) is 1. The number of benzene rings is 3. The van der Waals surface area contributed by atoms with Gasteiger partial charge in [0.15, 0.2) is 6.73 Å². The first-order valence-corrected chi connectivity index (χ1v) is 12.0. The third-order valence-electron chi connectivity index (χ3n) is 6.30. The summed E-state index contributed by atoms with van der Waals surface area (Å²) >= 11 is 0. The van der Waals surface area contributed by atoms with Crippen LogP contribution in [-0.4, -0.2) is 26.4 Å². The molecular formula is C29H27NO6. The van der Waals surface area contributed by atoms with Gasteiger partial charge in [0, 0.05) is 17.1 Å². The summed E-state index contributed by atoms with van der Waals surface area (Å²) < 4.78 is 22.3. The monoisotopic (exact) mass is 485 g/mol. The molecule has 7 nitrogen and oxygen atoms in total. The fourth-order valence-corrected chi connectivity index (χ4v) is 4.31. The highest BCUT2D eigenvalue weighted by Crippen LogP contribution is 2.37. The number of nitrogens with zero attached hydrogens (tertiary/aromatic N) is 1. The van der Waals surface area contributed by atoms with Gasteiger partial charge in [0.05, 0.1) is 31.4 Å². The minimum atomic E-state index is -0.426. The third kappa shape index (κ3) is 4.64. The van der Waals surface area contributed by atoms with Crippen LogP contribution in [0.15, 0.2) is 75.9 Å². The Labute approximate surface area is 208 Å². The molecule has 0 bridgehead atoms. The van der Waals surface area contributed by atoms with Crippen LogP contribution in [0.2, 0.25) is 0 Å². The molecule has 1 aliphatic heterocycles. The summed E-state index contributed by atoms with van der Waals surface area (Å²) in [6.07, 6.45) is 1.82. The van der Waals surface area contributed by atoms with E-state index in [-0.39, 0.29) is 5.97 Å². The second-order valence-corrected chi connectivity index (χ2v) is 8.63. The lowest BCUT2D eigenvalue weighted by atomic mass is 9.99. The van der Waals surface area contributed by atoms with Crippen LogP contribution in [0.1, 0.15) is 35.7 Å². The Morgan fingerprint density at radius 3 is 2.53 bits per heavy atom. The molecular weight excluding hydrogens is 458 g/mol. The molecule has 0 aliphatic carbocycles. The lowest BCUT2D eigenvalue weighted by Gasteiger charge is -2.31. The molecule has 0 saturated heterocycles. The smallest absolute Gasteiger partial charge is 0.338 e. The zero-order chi connectivity index (χ0) is 25.1. The number of anilines is 1. The Balaban J connectivity index is 1.45. The Bertz CT molecular complexity index is 1440. The standard InChI is InChI=1S/C29H27NO6/c1-3-4-15-34-29(32)20-5-9-21(10-6-20)30-17-25-26(35-18-30)14-13-23-24(16-27(31)36-28(23)25)19-7-11-22(33-2)12-8-19/h5-14,16H,3-4,15,17-18H2,1-2H3. The van der Waals surface area contributed by atoms with E-state index in [2.05, 4.69) is 6.92 Å². The van der Waals surface area contributed by atoms with Gasteiger partial charge in [0.1, 0.15) is 17.1 Å². The number of fused-ring (bicyclic) bond motifs is 3. The lowest BCUT2D eigenvalue weighted by molar-refractivity contribution is 0.0500. The number of rotatable bonds is 7. The van der Waals surface area contributed by atoms with Crippen LogP contribution in [0.5, 0.6) is 11.5 Å². The van der Waals surface area contributed by atoms with Gasteiger partial charge in [-0.15, -0.1) is 0 Å². The van der Waals surface area contributed by atoms with Gasteiger partial charge in [-0.3, -0.25) is 0 Å². The Morgan fingerprint density at radius 2 is 1.81 bits per heavy atom. The third-order valence-corrected chi connectivity index (χ3v) is 6.30. The van der Waals surface area contributed by atoms with Crippen LogP contribution < -0.4 is 20.0 Å². The largest absolute Gasteiger partial charge is 0.497 e. The van der Waals surface area contributed by atoms with Crippen LogP contribution in [0.25, 0.3) is 22.1 Å². The maximum atomic E-state index is 12.5. The average Bonchev–Trinajstić information content (AvgIpc) is 2.92. The quantitative estimate of drug-likeness (QED) is 0.186. The first-order valence-electron chi connectivity index (χ1n) is 12.0. The SMILES string of the molecule is CCCCOC(=O)c1ccc(N2COc3ccc4c(-c5ccc(OC)cc5)cc(=O)oc4c3C2)cc1. The Hall–Kier alpha value is -4.26. The van der Waals surface area contributed by atoms with Crippen molar-refractivity contribution in [2.75, 3.05) is 25.3 Å². The lowest BCUT2D eigenvalue weighted by Crippen LogP contribution is -2.32. The second-order valence-electron chi connectivity index (χ2n) is 8.63. The van der Waals surface area contributed by atoms with Gasteiger partial charge in [-0.05, 0) is 66.1 Å². The van der Waals surface area contributed by atoms with Crippen molar-refractivity contribution in [3.8, 4) is 22.6 Å². The van der Waals surface area contributed by atoms with Crippen molar-refractivity contribution in [1.29, 1.82) is 0 Å². The van der Waals surface area contributed by atoms with E-state index < -0.39 is 5.63 Å². The minimum Gasteiger partial charge on any atom is -0.497 e. The summed E-state index contributed by atoms with van der Waals surface area (Å²) in [5.74, 6) is 1.10. The van der Waals surface area contributed by atoms with Crippen molar-refractivity contribution in [2.45, 2.75) is 26.3 Å². The van der Waals surface area contributed by atoms with Gasteiger partial charge >= 0.3 is 11.6 Å². The average molecular weight is 486 g/mol. The fourth-order valence-electron chi connectivity index (χ4n) is 4.31. The van der Waals surface area contributed by atoms with Crippen molar-refractivity contribution in [1.82, 2.24) is 0 Å². The fraction of sp³-hybridized carbons (Fsp3) is 0.241. The highest BCUT2D eigenvalue weighted by Gasteiger charge is 2.23. The van der Waals surface area contributed by atoms with Crippen LogP contribution in [-0.2, 0) is 11.3 Å². The molecule has 0 spiro atoms. The molecule has 0 radical (unpaired) electrons. The highest BCUT2D eigenvalue weighted by atomic mass is 16.5. The summed E-state index contributed by atoms with van der Waals surface area (Å²) in [5.41, 5.74) is 3.95. The van der Waals surface area contributed by atoms with E-state index in [0.717, 1.165) is 46.4 Å². The predicted octanol–water partition coefficient (Wildman–Crippen LogP) is 5.78. The van der Waals surface area contributed by atoms with E-state index in [1.54, 1.807) is 19.2 Å². The minimum absolute atomic E-state index is 0.325. The van der Waals surface area contributed by atoms with Crippen molar-refractivity contribution in [2.24, 2.45) is 0 Å². The number of hydrogen-bond acceptors (Lipinski definition) is 7. The normalized spacial score (nSPS) is 12.7. The zero-order valence-electron chi connectivity index (χ0n) is 20.3. The van der Waals surface area contributed by atoms with Crippen molar-refractivity contribution in [3.05, 3.63) is 88.3 Å². The molecule has 0 fully saturated rings. The Kier molecular flexibility index (Phi) is 6.62. The van der Waals surface area contributed by atoms with E-state index in [0.29, 0.717) is 36.8 Å². The van der Waals surface area contributed by atoms with Crippen LogP contribution in [0.4, 0.5) is 5.69 Å². The van der Waals surface area contributed by atoms with E-state index in [1.165, 1.54) is 6.07 Å². The van der Waals surface area contributed by atoms with Crippen LogP contribution in [0.3, 0.4) is 0 Å². The molecule has 7 heteroatoms.